The average Bonchev–Trinajstić information content (AvgIpc) is 2.46. The molecule has 110 valence electrons. The molecule has 0 rings (SSSR count). The molecule has 0 fully saturated rings. The van der Waals surface area contributed by atoms with Crippen LogP contribution in [0.1, 0.15) is 44.9 Å². The van der Waals surface area contributed by atoms with E-state index in [0.717, 1.165) is 25.7 Å². The Balaban J connectivity index is 0. The molecule has 0 aromatic rings. The molecule has 0 aromatic carbocycles. The molecule has 0 amide bonds. The first-order valence-electron chi connectivity index (χ1n) is 6.84. The molecule has 4 heteroatoms. The van der Waals surface area contributed by atoms with Gasteiger partial charge in [-0.3, -0.25) is 0 Å². The number of unbranched alkanes of at least 4 members (excludes halogenated alkanes) is 4. The van der Waals surface area contributed by atoms with E-state index in [1.54, 1.807) is 11.1 Å². The number of carboxylic acid groups (broad SMARTS) is 1. The molecule has 0 atom stereocenters. The van der Waals surface area contributed by atoms with E-state index in [1.807, 2.05) is 6.08 Å². The van der Waals surface area contributed by atoms with Crippen molar-refractivity contribution in [3.8, 4) is 35.5 Å². The summed E-state index contributed by atoms with van der Waals surface area (Å²) in [6.45, 7) is 0. The van der Waals surface area contributed by atoms with Gasteiger partial charge in [-0.25, -0.2) is 0 Å². The van der Waals surface area contributed by atoms with Gasteiger partial charge in [0.25, 0.3) is 0 Å². The van der Waals surface area contributed by atoms with Crippen LogP contribution in [0.25, 0.3) is 0 Å². The summed E-state index contributed by atoms with van der Waals surface area (Å²) in [7, 11) is 0. The number of aliphatic carboxylic acids is 1. The van der Waals surface area contributed by atoms with Crippen LogP contribution in [0.4, 0.5) is 0 Å². The van der Waals surface area contributed by atoms with Gasteiger partial charge in [-0.15, -0.1) is 0 Å². The van der Waals surface area contributed by atoms with Gasteiger partial charge in [0.05, 0.1) is 0 Å². The third-order valence-electron chi connectivity index (χ3n) is 2.28. The molecular formula is C18H18BrKO2. The van der Waals surface area contributed by atoms with Crippen LogP contribution in [-0.2, 0) is 4.79 Å². The third kappa shape index (κ3) is 22.0. The number of halogens is 1. The third-order valence-corrected chi connectivity index (χ3v) is 2.54. The van der Waals surface area contributed by atoms with Crippen LogP contribution in [0.3, 0.4) is 0 Å². The summed E-state index contributed by atoms with van der Waals surface area (Å²) < 4.78 is 0. The van der Waals surface area contributed by atoms with E-state index in [2.05, 4.69) is 57.5 Å². The molecule has 0 N–H and O–H groups in total. The van der Waals surface area contributed by atoms with Crippen molar-refractivity contribution >= 4 is 21.9 Å². The number of carbonyl (C=O) groups excluding carboxylic acids is 1. The first kappa shape index (κ1) is 24.0. The molecule has 0 aliphatic heterocycles. The average molecular weight is 385 g/mol. The summed E-state index contributed by atoms with van der Waals surface area (Å²) in [4.78, 5) is 11.9. The van der Waals surface area contributed by atoms with E-state index in [0.29, 0.717) is 12.8 Å². The minimum Gasteiger partial charge on any atom is -0.550 e. The number of carboxylic acids is 1. The number of rotatable bonds is 7. The van der Waals surface area contributed by atoms with Gasteiger partial charge in [0.2, 0.25) is 0 Å². The van der Waals surface area contributed by atoms with Crippen LogP contribution in [-0.4, -0.2) is 5.97 Å². The first-order chi connectivity index (χ1) is 10.3. The SMILES string of the molecule is O=C([O-])CCCC#CC#CCCCC/C=C/C#C/C=C/Br.[K+]. The molecule has 0 spiro atoms. The zero-order valence-corrected chi connectivity index (χ0v) is 17.7. The normalized spacial score (nSPS) is 8.95. The molecular weight excluding hydrogens is 367 g/mol. The second kappa shape index (κ2) is 20.7. The maximum atomic E-state index is 10.1. The van der Waals surface area contributed by atoms with E-state index in [4.69, 9.17) is 0 Å². The summed E-state index contributed by atoms with van der Waals surface area (Å²) in [6, 6.07) is 0. The summed E-state index contributed by atoms with van der Waals surface area (Å²) >= 11 is 3.14. The second-order valence-corrected chi connectivity index (χ2v) is 4.59. The van der Waals surface area contributed by atoms with Crippen LogP contribution in [0.5, 0.6) is 0 Å². The van der Waals surface area contributed by atoms with Crippen LogP contribution < -0.4 is 56.5 Å². The predicted molar refractivity (Wildman–Crippen MR) is 87.9 cm³/mol. The minimum absolute atomic E-state index is 0. The van der Waals surface area contributed by atoms with Crippen LogP contribution in [0, 0.1) is 35.5 Å². The summed E-state index contributed by atoms with van der Waals surface area (Å²) in [5.74, 6) is 16.0. The summed E-state index contributed by atoms with van der Waals surface area (Å²) in [5, 5.41) is 10.1. The van der Waals surface area contributed by atoms with Crippen LogP contribution in [0.15, 0.2) is 23.2 Å². The Labute approximate surface area is 184 Å². The van der Waals surface area contributed by atoms with Gasteiger partial charge in [-0.1, -0.05) is 45.7 Å². The summed E-state index contributed by atoms with van der Waals surface area (Å²) in [5.41, 5.74) is 0. The van der Waals surface area contributed by atoms with Crippen molar-refractivity contribution in [1.82, 2.24) is 0 Å². The fraction of sp³-hybridized carbons (Fsp3) is 0.389. The van der Waals surface area contributed by atoms with Gasteiger partial charge in [0, 0.05) is 18.8 Å². The second-order valence-electron chi connectivity index (χ2n) is 4.06. The fourth-order valence-corrected chi connectivity index (χ4v) is 1.41. The van der Waals surface area contributed by atoms with Crippen molar-refractivity contribution in [2.45, 2.75) is 44.9 Å². The van der Waals surface area contributed by atoms with Crippen molar-refractivity contribution in [2.75, 3.05) is 0 Å². The molecule has 0 bridgehead atoms. The zero-order valence-electron chi connectivity index (χ0n) is 13.0. The van der Waals surface area contributed by atoms with Gasteiger partial charge < -0.3 is 9.90 Å². The van der Waals surface area contributed by atoms with E-state index in [9.17, 15) is 9.90 Å². The number of allylic oxidation sites excluding steroid dienone is 3. The maximum Gasteiger partial charge on any atom is 1.00 e. The molecule has 0 heterocycles. The zero-order chi connectivity index (χ0) is 15.6. The Morgan fingerprint density at radius 1 is 1.00 bits per heavy atom. The van der Waals surface area contributed by atoms with Gasteiger partial charge in [0.1, 0.15) is 0 Å². The standard InChI is InChI=1S/C18H19BrO2.K/c19-17-15-13-11-9-7-5-3-1-2-4-6-8-10-12-14-16-18(20)21;/h7,9,15,17H,1-3,5,12,14,16H2,(H,20,21);/q;+1/p-1/b9-7+,17-15+;. The van der Waals surface area contributed by atoms with Crippen molar-refractivity contribution < 1.29 is 61.3 Å². The van der Waals surface area contributed by atoms with Gasteiger partial charge in [-0.05, 0) is 61.1 Å². The van der Waals surface area contributed by atoms with Crippen molar-refractivity contribution in [1.29, 1.82) is 0 Å². The number of carbonyl (C=O) groups is 1. The van der Waals surface area contributed by atoms with Gasteiger partial charge in [-0.2, -0.15) is 0 Å². The molecule has 0 saturated carbocycles. The molecule has 0 aromatic heterocycles. The van der Waals surface area contributed by atoms with E-state index < -0.39 is 5.97 Å². The summed E-state index contributed by atoms with van der Waals surface area (Å²) in [6.07, 6.45) is 10.8. The Hall–Kier alpha value is -0.254. The Morgan fingerprint density at radius 2 is 1.64 bits per heavy atom. The number of hydrogen-bond acceptors (Lipinski definition) is 2. The molecule has 0 aliphatic rings. The van der Waals surface area contributed by atoms with E-state index >= 15 is 0 Å². The van der Waals surface area contributed by atoms with Crippen LogP contribution >= 0.6 is 15.9 Å². The van der Waals surface area contributed by atoms with Crippen LogP contribution in [0.2, 0.25) is 0 Å². The molecule has 0 unspecified atom stereocenters. The molecule has 22 heavy (non-hydrogen) atoms. The van der Waals surface area contributed by atoms with E-state index in [-0.39, 0.29) is 57.8 Å². The number of hydrogen-bond donors (Lipinski definition) is 0. The van der Waals surface area contributed by atoms with Gasteiger partial charge >= 0.3 is 51.4 Å². The van der Waals surface area contributed by atoms with E-state index in [1.165, 1.54) is 0 Å². The van der Waals surface area contributed by atoms with Crippen molar-refractivity contribution in [3.05, 3.63) is 23.2 Å². The molecule has 0 radical (unpaired) electrons. The maximum absolute atomic E-state index is 10.1. The topological polar surface area (TPSA) is 40.1 Å². The van der Waals surface area contributed by atoms with Crippen molar-refractivity contribution in [2.24, 2.45) is 0 Å². The smallest absolute Gasteiger partial charge is 0.550 e. The quantitative estimate of drug-likeness (QED) is 0.350. The first-order valence-corrected chi connectivity index (χ1v) is 7.76. The Kier molecular flexibility index (Phi) is 22.6. The minimum atomic E-state index is -1.03. The fourth-order valence-electron chi connectivity index (χ4n) is 1.28. The molecule has 2 nitrogen and oxygen atoms in total. The van der Waals surface area contributed by atoms with Crippen molar-refractivity contribution in [3.63, 3.8) is 0 Å². The van der Waals surface area contributed by atoms with Gasteiger partial charge in [0.15, 0.2) is 0 Å². The Morgan fingerprint density at radius 3 is 2.27 bits per heavy atom. The monoisotopic (exact) mass is 384 g/mol. The molecule has 0 saturated heterocycles. The largest absolute Gasteiger partial charge is 1.00 e. The predicted octanol–water partition coefficient (Wildman–Crippen LogP) is -0.0540. The Bertz CT molecular complexity index is 531. The molecule has 0 aliphatic carbocycles.